The number of nitrogens with zero attached hydrogens (tertiary/aromatic N) is 1. The number of halogens is 2. The molecule has 0 atom stereocenters. The molecule has 1 heterocycles. The van der Waals surface area contributed by atoms with Crippen LogP contribution in [0.25, 0.3) is 0 Å². The van der Waals surface area contributed by atoms with Crippen LogP contribution in [-0.4, -0.2) is 44.9 Å². The van der Waals surface area contributed by atoms with Gasteiger partial charge in [-0.2, -0.15) is 0 Å². The number of hydrogen-bond acceptors (Lipinski definition) is 5. The van der Waals surface area contributed by atoms with Gasteiger partial charge in [0.25, 0.3) is 15.9 Å². The summed E-state index contributed by atoms with van der Waals surface area (Å²) in [5, 5.41) is 3.90. The highest BCUT2D eigenvalue weighted by atomic mass is 35.5. The van der Waals surface area contributed by atoms with Crippen LogP contribution in [-0.2, 0) is 10.0 Å². The largest absolute Gasteiger partial charge is 0.454 e. The van der Waals surface area contributed by atoms with Gasteiger partial charge in [0.05, 0.1) is 15.6 Å². The molecular weight excluding hydrogens is 581 g/mol. The first kappa shape index (κ1) is 29.7. The maximum atomic E-state index is 13.2. The molecule has 3 aromatic rings. The van der Waals surface area contributed by atoms with E-state index in [1.807, 2.05) is 0 Å². The minimum absolute atomic E-state index is 0.0342. The molecule has 0 unspecified atom stereocenters. The van der Waals surface area contributed by atoms with E-state index in [1.54, 1.807) is 54.6 Å². The fraction of sp³-hybridized carbons (Fsp3) is 0.387. The molecule has 5 rings (SSSR count). The molecule has 1 aliphatic heterocycles. The molecule has 0 radical (unpaired) electrons. The van der Waals surface area contributed by atoms with Gasteiger partial charge in [0, 0.05) is 16.6 Å². The van der Waals surface area contributed by atoms with Crippen molar-refractivity contribution in [3.05, 3.63) is 82.3 Å². The van der Waals surface area contributed by atoms with Crippen LogP contribution in [0.5, 0.6) is 11.5 Å². The molecule has 218 valence electrons. The quantitative estimate of drug-likeness (QED) is 0.249. The summed E-state index contributed by atoms with van der Waals surface area (Å²) in [7, 11) is -3.95. The highest BCUT2D eigenvalue weighted by Crippen LogP contribution is 2.36. The molecule has 0 aromatic heterocycles. The third kappa shape index (κ3) is 7.95. The Morgan fingerprint density at radius 3 is 2.32 bits per heavy atom. The predicted molar refractivity (Wildman–Crippen MR) is 164 cm³/mol. The SMILES string of the molecule is O=C(N[C@H]1CC[C@H](CCN2CCCC2)CC1)c1ccc(S(=O)(=O)Nc2ccccc2Oc2ccc(Cl)cc2Cl)cc1. The van der Waals surface area contributed by atoms with Crippen molar-refractivity contribution in [2.75, 3.05) is 24.4 Å². The third-order valence-corrected chi connectivity index (χ3v) is 9.82. The van der Waals surface area contributed by atoms with Gasteiger partial charge in [0.1, 0.15) is 5.75 Å². The molecule has 1 amide bonds. The number of nitrogens with one attached hydrogen (secondary N) is 2. The zero-order chi connectivity index (χ0) is 28.8. The second-order valence-corrected chi connectivity index (χ2v) is 13.4. The second kappa shape index (κ2) is 13.5. The molecule has 3 aromatic carbocycles. The molecule has 2 N–H and O–H groups in total. The number of carbonyl (C=O) groups excluding carboxylic acids is 1. The average Bonchev–Trinajstić information content (AvgIpc) is 3.49. The number of anilines is 1. The number of ether oxygens (including phenoxy) is 1. The minimum atomic E-state index is -3.95. The van der Waals surface area contributed by atoms with Crippen molar-refractivity contribution in [1.82, 2.24) is 10.2 Å². The normalized spacial score (nSPS) is 19.6. The lowest BCUT2D eigenvalue weighted by atomic mass is 9.84. The van der Waals surface area contributed by atoms with Gasteiger partial charge >= 0.3 is 0 Å². The van der Waals surface area contributed by atoms with Crippen molar-refractivity contribution in [1.29, 1.82) is 0 Å². The number of para-hydroxylation sites is 2. The zero-order valence-electron chi connectivity index (χ0n) is 22.8. The minimum Gasteiger partial charge on any atom is -0.454 e. The first-order chi connectivity index (χ1) is 19.8. The number of rotatable bonds is 10. The lowest BCUT2D eigenvalue weighted by Gasteiger charge is -2.30. The number of likely N-dealkylation sites (tertiary alicyclic amines) is 1. The maximum Gasteiger partial charge on any atom is 0.262 e. The lowest BCUT2D eigenvalue weighted by molar-refractivity contribution is 0.0920. The van der Waals surface area contributed by atoms with Crippen molar-refractivity contribution in [2.45, 2.75) is 55.9 Å². The molecule has 0 spiro atoms. The molecule has 2 aliphatic rings. The molecule has 41 heavy (non-hydrogen) atoms. The van der Waals surface area contributed by atoms with Gasteiger partial charge in [0.2, 0.25) is 0 Å². The number of benzene rings is 3. The molecule has 10 heteroatoms. The van der Waals surface area contributed by atoms with Gasteiger partial charge in [0.15, 0.2) is 5.75 Å². The van der Waals surface area contributed by atoms with Crippen LogP contribution in [0.15, 0.2) is 71.6 Å². The van der Waals surface area contributed by atoms with E-state index >= 15 is 0 Å². The summed E-state index contributed by atoms with van der Waals surface area (Å²) >= 11 is 12.2. The molecule has 1 aliphatic carbocycles. The van der Waals surface area contributed by atoms with Crippen LogP contribution < -0.4 is 14.8 Å². The van der Waals surface area contributed by atoms with Gasteiger partial charge in [-0.25, -0.2) is 8.42 Å². The summed E-state index contributed by atoms with van der Waals surface area (Å²) < 4.78 is 34.8. The van der Waals surface area contributed by atoms with E-state index in [9.17, 15) is 13.2 Å². The molecule has 2 fully saturated rings. The monoisotopic (exact) mass is 615 g/mol. The number of carbonyl (C=O) groups is 1. The van der Waals surface area contributed by atoms with E-state index in [-0.39, 0.29) is 28.3 Å². The Bertz CT molecular complexity index is 1450. The van der Waals surface area contributed by atoms with Gasteiger partial charge in [-0.3, -0.25) is 9.52 Å². The Labute approximate surface area is 252 Å². The van der Waals surface area contributed by atoms with E-state index in [0.29, 0.717) is 21.4 Å². The van der Waals surface area contributed by atoms with Crippen LogP contribution in [0.2, 0.25) is 10.0 Å². The van der Waals surface area contributed by atoms with E-state index in [2.05, 4.69) is 14.9 Å². The van der Waals surface area contributed by atoms with Crippen LogP contribution in [0.1, 0.15) is 55.3 Å². The van der Waals surface area contributed by atoms with Crippen molar-refractivity contribution in [3.8, 4) is 11.5 Å². The van der Waals surface area contributed by atoms with Crippen LogP contribution in [0.4, 0.5) is 5.69 Å². The molecule has 7 nitrogen and oxygen atoms in total. The lowest BCUT2D eigenvalue weighted by Crippen LogP contribution is -2.38. The predicted octanol–water partition coefficient (Wildman–Crippen LogP) is 7.36. The summed E-state index contributed by atoms with van der Waals surface area (Å²) in [6.07, 6.45) is 8.13. The van der Waals surface area contributed by atoms with Crippen molar-refractivity contribution in [2.24, 2.45) is 5.92 Å². The Morgan fingerprint density at radius 1 is 0.902 bits per heavy atom. The van der Waals surface area contributed by atoms with Crippen LogP contribution in [0.3, 0.4) is 0 Å². The number of amides is 1. The van der Waals surface area contributed by atoms with Gasteiger partial charge in [-0.15, -0.1) is 0 Å². The highest BCUT2D eigenvalue weighted by molar-refractivity contribution is 7.92. The Balaban J connectivity index is 1.16. The van der Waals surface area contributed by atoms with Crippen molar-refractivity contribution in [3.63, 3.8) is 0 Å². The van der Waals surface area contributed by atoms with E-state index < -0.39 is 10.0 Å². The standard InChI is InChI=1S/C31H35Cl2N3O4S/c32-24-11-16-29(27(33)21-24)40-30-6-2-1-5-28(30)35-41(38,39)26-14-9-23(10-15-26)31(37)34-25-12-7-22(8-13-25)17-20-36-18-3-4-19-36/h1-2,5-6,9-11,14-16,21-22,25,35H,3-4,7-8,12-13,17-20H2,(H,34,37)/t22-,25-. The fourth-order valence-electron chi connectivity index (χ4n) is 5.54. The first-order valence-corrected chi connectivity index (χ1v) is 16.4. The maximum absolute atomic E-state index is 13.2. The van der Waals surface area contributed by atoms with Gasteiger partial charge in [-0.05, 0) is 125 Å². The number of sulfonamides is 1. The molecular formula is C31H35Cl2N3O4S. The summed E-state index contributed by atoms with van der Waals surface area (Å²) in [6, 6.07) is 17.6. The fourth-order valence-corrected chi connectivity index (χ4v) is 7.06. The average molecular weight is 617 g/mol. The highest BCUT2D eigenvalue weighted by Gasteiger charge is 2.24. The van der Waals surface area contributed by atoms with Crippen LogP contribution >= 0.6 is 23.2 Å². The smallest absolute Gasteiger partial charge is 0.262 e. The van der Waals surface area contributed by atoms with Gasteiger partial charge < -0.3 is 15.0 Å². The second-order valence-electron chi connectivity index (χ2n) is 10.8. The topological polar surface area (TPSA) is 87.7 Å². The summed E-state index contributed by atoms with van der Waals surface area (Å²) in [4.78, 5) is 15.5. The Kier molecular flexibility index (Phi) is 9.75. The van der Waals surface area contributed by atoms with Crippen molar-refractivity contribution >= 4 is 44.8 Å². The van der Waals surface area contributed by atoms with Gasteiger partial charge in [-0.1, -0.05) is 35.3 Å². The first-order valence-electron chi connectivity index (χ1n) is 14.1. The third-order valence-electron chi connectivity index (χ3n) is 7.91. The molecule has 1 saturated carbocycles. The van der Waals surface area contributed by atoms with Crippen molar-refractivity contribution < 1.29 is 17.9 Å². The van der Waals surface area contributed by atoms with E-state index in [0.717, 1.165) is 31.6 Å². The summed E-state index contributed by atoms with van der Waals surface area (Å²) in [6.45, 7) is 3.67. The number of hydrogen-bond donors (Lipinski definition) is 2. The molecule has 0 bridgehead atoms. The summed E-state index contributed by atoms with van der Waals surface area (Å²) in [5.74, 6) is 1.18. The Hall–Kier alpha value is -2.78. The Morgan fingerprint density at radius 2 is 1.61 bits per heavy atom. The van der Waals surface area contributed by atoms with Crippen LogP contribution in [0, 0.1) is 5.92 Å². The van der Waals surface area contributed by atoms with E-state index in [4.69, 9.17) is 27.9 Å². The zero-order valence-corrected chi connectivity index (χ0v) is 25.1. The van der Waals surface area contributed by atoms with E-state index in [1.165, 1.54) is 51.0 Å². The molecule has 1 saturated heterocycles. The summed E-state index contributed by atoms with van der Waals surface area (Å²) in [5.41, 5.74) is 0.678.